The van der Waals surface area contributed by atoms with Gasteiger partial charge in [-0.1, -0.05) is 30.3 Å². The van der Waals surface area contributed by atoms with Crippen molar-refractivity contribution in [2.24, 2.45) is 5.92 Å². The first-order valence-corrected chi connectivity index (χ1v) is 16.8. The van der Waals surface area contributed by atoms with Gasteiger partial charge in [-0.25, -0.2) is 19.6 Å². The minimum absolute atomic E-state index is 0.0660. The fraction of sp³-hybridized carbons (Fsp3) is 0.457. The third-order valence-corrected chi connectivity index (χ3v) is 8.89. The molecule has 14 heteroatoms. The highest BCUT2D eigenvalue weighted by atomic mass is 19.1. The van der Waals surface area contributed by atoms with Crippen LogP contribution in [0.2, 0.25) is 0 Å². The highest BCUT2D eigenvalue weighted by Crippen LogP contribution is 2.27. The topological polar surface area (TPSA) is 146 Å². The largest absolute Gasteiger partial charge is 0.480 e. The number of aromatic nitrogens is 2. The van der Waals surface area contributed by atoms with Gasteiger partial charge in [-0.2, -0.15) is 4.39 Å². The number of hydrogen-bond acceptors (Lipinski definition) is 9. The molecule has 2 aliphatic heterocycles. The summed E-state index contributed by atoms with van der Waals surface area (Å²) in [5, 5.41) is 18.6. The summed E-state index contributed by atoms with van der Waals surface area (Å²) in [6, 6.07) is 15.7. The first-order chi connectivity index (χ1) is 23.7. The average Bonchev–Trinajstić information content (AvgIpc) is 3.11. The highest BCUT2D eigenvalue weighted by Gasteiger charge is 2.31. The SMILES string of the molecule is CN(C)CCCNc1ncnc(N2CCCC(C(=O)N[C@@H](Cc3ccc(NC(=O)N4CCN(c5ccccc5)CC4)cc3)C(=O)O)C2)c1F. The molecule has 262 valence electrons. The van der Waals surface area contributed by atoms with Crippen LogP contribution in [-0.4, -0.2) is 115 Å². The van der Waals surface area contributed by atoms with Gasteiger partial charge in [0.15, 0.2) is 11.6 Å². The molecule has 0 spiro atoms. The number of anilines is 4. The molecule has 0 bridgehead atoms. The number of piperazine rings is 1. The number of amides is 3. The summed E-state index contributed by atoms with van der Waals surface area (Å²) >= 11 is 0. The number of carboxylic acids is 1. The van der Waals surface area contributed by atoms with Gasteiger partial charge in [0, 0.05) is 63.6 Å². The average molecular weight is 676 g/mol. The number of carbonyl (C=O) groups excluding carboxylic acids is 2. The molecular formula is C35H46FN9O4. The van der Waals surface area contributed by atoms with Gasteiger partial charge in [0.25, 0.3) is 0 Å². The standard InChI is InChI=1S/C35H46FN9O4/c1-42(2)16-7-15-37-31-30(36)32(39-24-38-31)45-17-6-8-26(23-45)33(46)41-29(34(47)48)22-25-11-13-27(14-12-25)40-35(49)44-20-18-43(19-21-44)28-9-4-3-5-10-28/h3-5,9-14,24,26,29H,6-8,15-23H2,1-2H3,(H,40,49)(H,41,46)(H,47,48)(H,37,38,39)/t26?,29-/m0/s1. The number of aliphatic carboxylic acids is 1. The van der Waals surface area contributed by atoms with Gasteiger partial charge in [0.1, 0.15) is 12.4 Å². The Morgan fingerprint density at radius 2 is 1.71 bits per heavy atom. The van der Waals surface area contributed by atoms with Crippen LogP contribution in [0.5, 0.6) is 0 Å². The third-order valence-electron chi connectivity index (χ3n) is 8.89. The molecule has 3 aromatic rings. The number of halogens is 1. The second-order valence-corrected chi connectivity index (χ2v) is 12.8. The van der Waals surface area contributed by atoms with Crippen LogP contribution in [0.3, 0.4) is 0 Å². The maximum atomic E-state index is 15.4. The van der Waals surface area contributed by atoms with E-state index in [4.69, 9.17) is 0 Å². The zero-order valence-corrected chi connectivity index (χ0v) is 28.1. The fourth-order valence-corrected chi connectivity index (χ4v) is 6.15. The lowest BCUT2D eigenvalue weighted by Gasteiger charge is -2.36. The van der Waals surface area contributed by atoms with E-state index in [1.165, 1.54) is 6.33 Å². The summed E-state index contributed by atoms with van der Waals surface area (Å²) in [7, 11) is 3.95. The summed E-state index contributed by atoms with van der Waals surface area (Å²) in [6.07, 6.45) is 3.36. The Balaban J connectivity index is 1.11. The molecule has 13 nitrogen and oxygen atoms in total. The molecule has 2 fully saturated rings. The predicted octanol–water partition coefficient (Wildman–Crippen LogP) is 3.36. The molecule has 5 rings (SSSR count). The number of carboxylic acid groups (broad SMARTS) is 1. The number of nitrogens with zero attached hydrogens (tertiary/aromatic N) is 6. The van der Waals surface area contributed by atoms with Gasteiger partial charge in [-0.15, -0.1) is 0 Å². The van der Waals surface area contributed by atoms with E-state index >= 15 is 4.39 Å². The number of hydrogen-bond donors (Lipinski definition) is 4. The van der Waals surface area contributed by atoms with Crippen LogP contribution in [0.15, 0.2) is 60.9 Å². The summed E-state index contributed by atoms with van der Waals surface area (Å²) in [6.45, 7) is 4.81. The van der Waals surface area contributed by atoms with Crippen molar-refractivity contribution in [2.75, 3.05) is 86.9 Å². The van der Waals surface area contributed by atoms with E-state index in [2.05, 4.69) is 43.0 Å². The predicted molar refractivity (Wildman–Crippen MR) is 188 cm³/mol. The second-order valence-electron chi connectivity index (χ2n) is 12.8. The molecule has 2 saturated heterocycles. The minimum Gasteiger partial charge on any atom is -0.480 e. The van der Waals surface area contributed by atoms with Crippen molar-refractivity contribution >= 4 is 40.9 Å². The maximum Gasteiger partial charge on any atom is 0.326 e. The summed E-state index contributed by atoms with van der Waals surface area (Å²) in [4.78, 5) is 54.4. The van der Waals surface area contributed by atoms with Crippen molar-refractivity contribution in [3.8, 4) is 0 Å². The molecule has 2 atom stereocenters. The first-order valence-electron chi connectivity index (χ1n) is 16.8. The van der Waals surface area contributed by atoms with Crippen LogP contribution >= 0.6 is 0 Å². The van der Waals surface area contributed by atoms with Crippen LogP contribution in [0.1, 0.15) is 24.8 Å². The fourth-order valence-electron chi connectivity index (χ4n) is 6.15. The lowest BCUT2D eigenvalue weighted by molar-refractivity contribution is -0.142. The van der Waals surface area contributed by atoms with E-state index in [1.807, 2.05) is 37.2 Å². The lowest BCUT2D eigenvalue weighted by Crippen LogP contribution is -2.50. The van der Waals surface area contributed by atoms with E-state index in [1.54, 1.807) is 34.1 Å². The molecular weight excluding hydrogens is 629 g/mol. The van der Waals surface area contributed by atoms with Crippen molar-refractivity contribution in [3.63, 3.8) is 0 Å². The Morgan fingerprint density at radius 3 is 2.41 bits per heavy atom. The number of carbonyl (C=O) groups is 3. The molecule has 0 radical (unpaired) electrons. The molecule has 49 heavy (non-hydrogen) atoms. The lowest BCUT2D eigenvalue weighted by atomic mass is 9.96. The Morgan fingerprint density at radius 1 is 0.980 bits per heavy atom. The van der Waals surface area contributed by atoms with E-state index in [0.29, 0.717) is 50.3 Å². The highest BCUT2D eigenvalue weighted by molar-refractivity contribution is 5.89. The smallest absolute Gasteiger partial charge is 0.326 e. The summed E-state index contributed by atoms with van der Waals surface area (Å²) in [5.74, 6) is -2.41. The van der Waals surface area contributed by atoms with Crippen LogP contribution < -0.4 is 25.8 Å². The van der Waals surface area contributed by atoms with Gasteiger partial charge in [-0.3, -0.25) is 4.79 Å². The second kappa shape index (κ2) is 16.9. The van der Waals surface area contributed by atoms with Crippen molar-refractivity contribution in [2.45, 2.75) is 31.7 Å². The number of rotatable bonds is 13. The normalized spacial score (nSPS) is 17.1. The van der Waals surface area contributed by atoms with Gasteiger partial charge in [0.05, 0.1) is 5.92 Å². The Kier molecular flexibility index (Phi) is 12.2. The van der Waals surface area contributed by atoms with Gasteiger partial charge < -0.3 is 40.7 Å². The molecule has 3 heterocycles. The van der Waals surface area contributed by atoms with Crippen molar-refractivity contribution in [1.29, 1.82) is 0 Å². The first kappa shape index (κ1) is 35.3. The van der Waals surface area contributed by atoms with E-state index < -0.39 is 29.7 Å². The van der Waals surface area contributed by atoms with Gasteiger partial charge >= 0.3 is 12.0 Å². The van der Waals surface area contributed by atoms with Gasteiger partial charge in [0.2, 0.25) is 11.7 Å². The van der Waals surface area contributed by atoms with E-state index in [0.717, 1.165) is 31.7 Å². The van der Waals surface area contributed by atoms with Crippen molar-refractivity contribution in [1.82, 2.24) is 25.1 Å². The summed E-state index contributed by atoms with van der Waals surface area (Å²) < 4.78 is 15.4. The molecule has 1 unspecified atom stereocenters. The number of piperidine rings is 1. The zero-order valence-electron chi connectivity index (χ0n) is 28.1. The van der Waals surface area contributed by atoms with E-state index in [9.17, 15) is 19.5 Å². The van der Waals surface area contributed by atoms with Crippen molar-refractivity contribution in [3.05, 3.63) is 72.3 Å². The number of urea groups is 1. The molecule has 1 aromatic heterocycles. The van der Waals surface area contributed by atoms with Crippen LogP contribution in [0, 0.1) is 11.7 Å². The van der Waals surface area contributed by atoms with Crippen LogP contribution in [-0.2, 0) is 16.0 Å². The molecule has 0 aliphatic carbocycles. The molecule has 4 N–H and O–H groups in total. The number of nitrogens with one attached hydrogen (secondary N) is 3. The Bertz CT molecular complexity index is 1550. The van der Waals surface area contributed by atoms with Crippen LogP contribution in [0.25, 0.3) is 0 Å². The molecule has 3 amide bonds. The van der Waals surface area contributed by atoms with Gasteiger partial charge in [-0.05, 0) is 69.7 Å². The number of para-hydroxylation sites is 1. The van der Waals surface area contributed by atoms with Crippen molar-refractivity contribution < 1.29 is 23.9 Å². The molecule has 2 aliphatic rings. The third kappa shape index (κ3) is 9.78. The quantitative estimate of drug-likeness (QED) is 0.199. The Labute approximate surface area is 286 Å². The molecule has 2 aromatic carbocycles. The maximum absolute atomic E-state index is 15.4. The number of benzene rings is 2. The molecule has 0 saturated carbocycles. The summed E-state index contributed by atoms with van der Waals surface area (Å²) in [5.41, 5.74) is 2.43. The monoisotopic (exact) mass is 675 g/mol. The Hall–Kier alpha value is -4.98. The zero-order chi connectivity index (χ0) is 34.8. The minimum atomic E-state index is -1.15. The van der Waals surface area contributed by atoms with E-state index in [-0.39, 0.29) is 30.6 Å². The van der Waals surface area contributed by atoms with Crippen LogP contribution in [0.4, 0.5) is 32.2 Å².